The highest BCUT2D eigenvalue weighted by Gasteiger charge is 2.22. The zero-order valence-corrected chi connectivity index (χ0v) is 12.2. The maximum Gasteiger partial charge on any atom is 0.266 e. The molecule has 0 unspecified atom stereocenters. The lowest BCUT2D eigenvalue weighted by atomic mass is 10.4. The smallest absolute Gasteiger partial charge is 0.266 e. The molecule has 0 aliphatic carbocycles. The molecule has 0 saturated carbocycles. The maximum atomic E-state index is 12.0. The fraction of sp³-hybridized carbons (Fsp3) is 0.444. The Morgan fingerprint density at radius 2 is 2.12 bits per heavy atom. The highest BCUT2D eigenvalue weighted by atomic mass is 32.2. The largest absolute Gasteiger partial charge is 0.389 e. The fourth-order valence-electron chi connectivity index (χ4n) is 1.26. The van der Waals surface area contributed by atoms with Crippen LogP contribution in [-0.2, 0) is 10.0 Å². The number of sulfonamides is 1. The zero-order valence-electron chi connectivity index (χ0n) is 9.77. The van der Waals surface area contributed by atoms with E-state index in [-0.39, 0.29) is 21.1 Å². The molecule has 1 heterocycles. The molecule has 0 bridgehead atoms. The van der Waals surface area contributed by atoms with Crippen LogP contribution in [0.3, 0.4) is 0 Å². The summed E-state index contributed by atoms with van der Waals surface area (Å²) in [6.45, 7) is 5.43. The molecule has 0 aromatic carbocycles. The number of hydrogen-bond donors (Lipinski definition) is 3. The van der Waals surface area contributed by atoms with Crippen molar-refractivity contribution in [2.45, 2.75) is 31.7 Å². The van der Waals surface area contributed by atoms with Crippen LogP contribution in [0.15, 0.2) is 10.3 Å². The van der Waals surface area contributed by atoms with Crippen molar-refractivity contribution in [3.63, 3.8) is 0 Å². The van der Waals surface area contributed by atoms with E-state index in [0.29, 0.717) is 5.56 Å². The van der Waals surface area contributed by atoms with Gasteiger partial charge in [-0.15, -0.1) is 11.3 Å². The van der Waals surface area contributed by atoms with E-state index in [2.05, 4.69) is 10.0 Å². The third kappa shape index (κ3) is 3.55. The minimum Gasteiger partial charge on any atom is -0.389 e. The molecular formula is C9H15N3O2S3. The number of nitrogens with one attached hydrogen (secondary N) is 2. The van der Waals surface area contributed by atoms with Gasteiger partial charge in [0, 0.05) is 6.04 Å². The number of thiophene rings is 1. The topological polar surface area (TPSA) is 84.2 Å². The van der Waals surface area contributed by atoms with Crippen LogP contribution in [0.4, 0.5) is 5.00 Å². The molecule has 96 valence electrons. The lowest BCUT2D eigenvalue weighted by Gasteiger charge is -2.13. The first-order valence-corrected chi connectivity index (χ1v) is 7.68. The Bertz CT molecular complexity index is 500. The molecule has 0 fully saturated rings. The first kappa shape index (κ1) is 14.2. The molecule has 0 aliphatic heterocycles. The average Bonchev–Trinajstić information content (AvgIpc) is 2.43. The van der Waals surface area contributed by atoms with Crippen LogP contribution >= 0.6 is 23.6 Å². The Kier molecular flexibility index (Phi) is 4.34. The van der Waals surface area contributed by atoms with Gasteiger partial charge in [-0.3, -0.25) is 4.72 Å². The van der Waals surface area contributed by atoms with E-state index in [1.54, 1.807) is 12.3 Å². The third-order valence-electron chi connectivity index (χ3n) is 1.86. The lowest BCUT2D eigenvalue weighted by molar-refractivity contribution is 0.591. The van der Waals surface area contributed by atoms with Crippen LogP contribution in [-0.4, -0.2) is 19.6 Å². The number of nitrogens with two attached hydrogens (primary N) is 1. The molecular weight excluding hydrogens is 278 g/mol. The van der Waals surface area contributed by atoms with E-state index in [4.69, 9.17) is 18.0 Å². The van der Waals surface area contributed by atoms with Crippen LogP contribution in [0, 0.1) is 6.92 Å². The zero-order chi connectivity index (χ0) is 13.2. The van der Waals surface area contributed by atoms with E-state index in [1.165, 1.54) is 11.3 Å². The molecule has 0 aliphatic rings. The first-order valence-electron chi connectivity index (χ1n) is 4.91. The van der Waals surface area contributed by atoms with Crippen molar-refractivity contribution >= 4 is 43.7 Å². The van der Waals surface area contributed by atoms with E-state index in [1.807, 2.05) is 13.8 Å². The molecule has 0 atom stereocenters. The minimum atomic E-state index is -3.69. The van der Waals surface area contributed by atoms with Crippen molar-refractivity contribution in [2.24, 2.45) is 0 Å². The molecule has 0 radical (unpaired) electrons. The molecule has 0 amide bonds. The van der Waals surface area contributed by atoms with Gasteiger partial charge in [0.15, 0.2) is 5.11 Å². The maximum absolute atomic E-state index is 12.0. The van der Waals surface area contributed by atoms with Crippen molar-refractivity contribution in [3.8, 4) is 0 Å². The summed E-state index contributed by atoms with van der Waals surface area (Å²) in [5, 5.41) is 4.84. The number of nitrogen functional groups attached to an aromatic ring is 1. The van der Waals surface area contributed by atoms with E-state index in [0.717, 1.165) is 0 Å². The molecule has 1 aromatic heterocycles. The van der Waals surface area contributed by atoms with Crippen molar-refractivity contribution in [2.75, 3.05) is 5.73 Å². The quantitative estimate of drug-likeness (QED) is 0.729. The Morgan fingerprint density at radius 1 is 1.53 bits per heavy atom. The van der Waals surface area contributed by atoms with Gasteiger partial charge < -0.3 is 11.1 Å². The summed E-state index contributed by atoms with van der Waals surface area (Å²) in [5.74, 6) is 0. The van der Waals surface area contributed by atoms with Gasteiger partial charge in [0.1, 0.15) is 9.90 Å². The third-order valence-corrected chi connectivity index (χ3v) is 4.82. The average molecular weight is 293 g/mol. The number of hydrogen-bond acceptors (Lipinski definition) is 5. The van der Waals surface area contributed by atoms with Crippen LogP contribution in [0.1, 0.15) is 19.4 Å². The Labute approximate surface area is 110 Å². The van der Waals surface area contributed by atoms with Gasteiger partial charge in [0.2, 0.25) is 0 Å². The van der Waals surface area contributed by atoms with Crippen LogP contribution in [0.5, 0.6) is 0 Å². The van der Waals surface area contributed by atoms with Gasteiger partial charge >= 0.3 is 0 Å². The number of thiocarbonyl (C=S) groups is 1. The van der Waals surface area contributed by atoms with Crippen LogP contribution in [0.25, 0.3) is 0 Å². The Morgan fingerprint density at radius 3 is 2.53 bits per heavy atom. The predicted octanol–water partition coefficient (Wildman–Crippen LogP) is 1.20. The van der Waals surface area contributed by atoms with Crippen LogP contribution in [0.2, 0.25) is 0 Å². The molecule has 1 aromatic rings. The second-order valence-electron chi connectivity index (χ2n) is 3.85. The van der Waals surface area contributed by atoms with Gasteiger partial charge in [-0.1, -0.05) is 0 Å². The van der Waals surface area contributed by atoms with Crippen molar-refractivity contribution in [3.05, 3.63) is 10.9 Å². The molecule has 4 N–H and O–H groups in total. The molecule has 17 heavy (non-hydrogen) atoms. The molecule has 5 nitrogen and oxygen atoms in total. The van der Waals surface area contributed by atoms with Gasteiger partial charge in [0.05, 0.1) is 0 Å². The van der Waals surface area contributed by atoms with Crippen LogP contribution < -0.4 is 15.8 Å². The highest BCUT2D eigenvalue weighted by Crippen LogP contribution is 2.28. The van der Waals surface area contributed by atoms with Crippen molar-refractivity contribution in [1.82, 2.24) is 10.0 Å². The van der Waals surface area contributed by atoms with Gasteiger partial charge in [-0.2, -0.15) is 0 Å². The molecule has 0 saturated heterocycles. The molecule has 1 rings (SSSR count). The van der Waals surface area contributed by atoms with Gasteiger partial charge in [-0.05, 0) is 43.9 Å². The first-order chi connectivity index (χ1) is 7.74. The molecule has 0 spiro atoms. The summed E-state index contributed by atoms with van der Waals surface area (Å²) in [4.78, 5) is 0.107. The predicted molar refractivity (Wildman–Crippen MR) is 74.7 cm³/mol. The standard InChI is InChI=1S/C9H15N3O2S3/c1-5(2)11-9(15)12-17(13,14)7-6(3)4-16-8(7)10/h4-5H,10H2,1-3H3,(H2,11,12,15). The summed E-state index contributed by atoms with van der Waals surface area (Å²) in [7, 11) is -3.69. The molecule has 8 heteroatoms. The number of aryl methyl sites for hydroxylation is 1. The lowest BCUT2D eigenvalue weighted by Crippen LogP contribution is -2.42. The number of rotatable bonds is 3. The normalized spacial score (nSPS) is 11.5. The van der Waals surface area contributed by atoms with Crippen molar-refractivity contribution < 1.29 is 8.42 Å². The van der Waals surface area contributed by atoms with E-state index < -0.39 is 10.0 Å². The fourth-order valence-corrected chi connectivity index (χ4v) is 4.22. The monoisotopic (exact) mass is 293 g/mol. The van der Waals surface area contributed by atoms with Crippen molar-refractivity contribution in [1.29, 1.82) is 0 Å². The summed E-state index contributed by atoms with van der Waals surface area (Å²) in [5.41, 5.74) is 6.26. The minimum absolute atomic E-state index is 0.0612. The van der Waals surface area contributed by atoms with E-state index in [9.17, 15) is 8.42 Å². The SMILES string of the molecule is Cc1csc(N)c1S(=O)(=O)NC(=S)NC(C)C. The van der Waals surface area contributed by atoms with E-state index >= 15 is 0 Å². The summed E-state index contributed by atoms with van der Waals surface area (Å²) in [6, 6.07) is 0.0612. The Balaban J connectivity index is 2.94. The highest BCUT2D eigenvalue weighted by molar-refractivity contribution is 7.92. The summed E-state index contributed by atoms with van der Waals surface area (Å²) >= 11 is 6.09. The van der Waals surface area contributed by atoms with Gasteiger partial charge in [-0.25, -0.2) is 8.42 Å². The summed E-state index contributed by atoms with van der Waals surface area (Å²) in [6.07, 6.45) is 0. The second kappa shape index (κ2) is 5.19. The second-order valence-corrected chi connectivity index (χ2v) is 6.78. The Hall–Kier alpha value is -0.860. The van der Waals surface area contributed by atoms with Gasteiger partial charge in [0.25, 0.3) is 10.0 Å². The summed E-state index contributed by atoms with van der Waals surface area (Å²) < 4.78 is 26.3. The number of anilines is 1.